The summed E-state index contributed by atoms with van der Waals surface area (Å²) in [7, 11) is 2.42. The second-order valence-electron chi connectivity index (χ2n) is 6.23. The summed E-state index contributed by atoms with van der Waals surface area (Å²) in [6, 6.07) is 6.61. The number of esters is 3. The minimum atomic E-state index is -0.732. The molecular weight excluding hydrogens is 354 g/mol. The van der Waals surface area contributed by atoms with Crippen molar-refractivity contribution in [3.63, 3.8) is 0 Å². The molecule has 0 unspecified atom stereocenters. The fourth-order valence-electron chi connectivity index (χ4n) is 2.54. The zero-order chi connectivity index (χ0) is 20.0. The highest BCUT2D eigenvalue weighted by Gasteiger charge is 2.34. The van der Waals surface area contributed by atoms with Gasteiger partial charge in [0.25, 0.3) is 0 Å². The van der Waals surface area contributed by atoms with E-state index in [1.54, 1.807) is 24.3 Å². The van der Waals surface area contributed by atoms with Crippen molar-refractivity contribution in [3.8, 4) is 0 Å². The van der Waals surface area contributed by atoms with Crippen LogP contribution in [0.5, 0.6) is 0 Å². The summed E-state index contributed by atoms with van der Waals surface area (Å²) in [5.74, 6) is -1.80. The molecule has 8 heteroatoms. The van der Waals surface area contributed by atoms with Crippen LogP contribution in [0.4, 0.5) is 5.69 Å². The first-order valence-electron chi connectivity index (χ1n) is 8.41. The van der Waals surface area contributed by atoms with Crippen LogP contribution in [0, 0.1) is 5.92 Å². The number of methoxy groups -OCH3 is 2. The minimum absolute atomic E-state index is 0.0148. The highest BCUT2D eigenvalue weighted by molar-refractivity contribution is 6.05. The third-order valence-electron chi connectivity index (χ3n) is 3.80. The van der Waals surface area contributed by atoms with E-state index in [0.717, 1.165) is 0 Å². The number of carbonyl (C=O) groups is 3. The molecule has 0 bridgehead atoms. The molecule has 0 radical (unpaired) electrons. The van der Waals surface area contributed by atoms with Gasteiger partial charge in [-0.1, -0.05) is 26.0 Å². The number of para-hydroxylation sites is 1. The van der Waals surface area contributed by atoms with Crippen LogP contribution in [0.15, 0.2) is 35.5 Å². The van der Waals surface area contributed by atoms with Gasteiger partial charge in [0.2, 0.25) is 0 Å². The Morgan fingerprint density at radius 2 is 1.74 bits per heavy atom. The van der Waals surface area contributed by atoms with Crippen molar-refractivity contribution in [2.24, 2.45) is 5.92 Å². The molecule has 27 heavy (non-hydrogen) atoms. The van der Waals surface area contributed by atoms with E-state index in [9.17, 15) is 14.4 Å². The molecule has 0 amide bonds. The Morgan fingerprint density at radius 3 is 2.37 bits per heavy atom. The number of hydrogen-bond donors (Lipinski definition) is 0. The highest BCUT2D eigenvalue weighted by atomic mass is 16.5. The zero-order valence-electron chi connectivity index (χ0n) is 15.8. The second kappa shape index (κ2) is 9.18. The van der Waals surface area contributed by atoms with E-state index in [0.29, 0.717) is 5.69 Å². The molecule has 2 rings (SSSR count). The number of rotatable bonds is 6. The van der Waals surface area contributed by atoms with Crippen molar-refractivity contribution in [2.45, 2.75) is 13.8 Å². The van der Waals surface area contributed by atoms with Crippen LogP contribution in [-0.4, -0.2) is 52.1 Å². The van der Waals surface area contributed by atoms with Crippen LogP contribution in [0.2, 0.25) is 0 Å². The predicted molar refractivity (Wildman–Crippen MR) is 95.9 cm³/mol. The van der Waals surface area contributed by atoms with E-state index in [2.05, 4.69) is 0 Å². The molecule has 1 aromatic carbocycles. The molecule has 1 heterocycles. The molecule has 1 aliphatic rings. The van der Waals surface area contributed by atoms with E-state index in [4.69, 9.17) is 18.9 Å². The number of benzene rings is 1. The Kier molecular flexibility index (Phi) is 6.95. The minimum Gasteiger partial charge on any atom is -0.466 e. The van der Waals surface area contributed by atoms with E-state index < -0.39 is 17.9 Å². The average Bonchev–Trinajstić information content (AvgIpc) is 2.70. The molecule has 0 aromatic heterocycles. The lowest BCUT2D eigenvalue weighted by molar-refractivity contribution is -0.140. The molecule has 1 aromatic rings. The van der Waals surface area contributed by atoms with Crippen LogP contribution < -0.4 is 4.90 Å². The molecule has 0 N–H and O–H groups in total. The molecule has 0 saturated heterocycles. The summed E-state index contributed by atoms with van der Waals surface area (Å²) in [5, 5.41) is 0. The van der Waals surface area contributed by atoms with Gasteiger partial charge in [-0.25, -0.2) is 14.4 Å². The van der Waals surface area contributed by atoms with Crippen molar-refractivity contribution in [2.75, 3.05) is 39.1 Å². The Labute approximate surface area is 157 Å². The van der Waals surface area contributed by atoms with Gasteiger partial charge >= 0.3 is 17.9 Å². The van der Waals surface area contributed by atoms with E-state index in [-0.39, 0.29) is 42.7 Å². The van der Waals surface area contributed by atoms with Crippen molar-refractivity contribution >= 4 is 23.6 Å². The second-order valence-corrected chi connectivity index (χ2v) is 6.23. The van der Waals surface area contributed by atoms with Gasteiger partial charge in [0.15, 0.2) is 0 Å². The number of carbonyl (C=O) groups excluding carboxylic acids is 3. The summed E-state index contributed by atoms with van der Waals surface area (Å²) in [6.45, 7) is 3.97. The number of nitrogens with zero attached hydrogens (tertiary/aromatic N) is 1. The maximum absolute atomic E-state index is 12.5. The summed E-state index contributed by atoms with van der Waals surface area (Å²) >= 11 is 0. The predicted octanol–water partition coefficient (Wildman–Crippen LogP) is 1.89. The molecule has 146 valence electrons. The van der Waals surface area contributed by atoms with Crippen LogP contribution in [0.3, 0.4) is 0 Å². The van der Waals surface area contributed by atoms with E-state index in [1.165, 1.54) is 19.1 Å². The van der Waals surface area contributed by atoms with Gasteiger partial charge in [-0.3, -0.25) is 0 Å². The molecule has 0 saturated carbocycles. The van der Waals surface area contributed by atoms with Gasteiger partial charge in [-0.2, -0.15) is 0 Å². The molecule has 0 atom stereocenters. The number of ether oxygens (including phenoxy) is 4. The standard InChI is InChI=1S/C19H23NO7/c1-12(2)9-27-18(22)13-7-5-6-8-15(13)20-11-26-10-14(17(21)24-3)16(20)19(23)25-4/h5-8,12H,9-11H2,1-4H3. The maximum atomic E-state index is 12.5. The average molecular weight is 377 g/mol. The summed E-state index contributed by atoms with van der Waals surface area (Å²) in [4.78, 5) is 38.4. The van der Waals surface area contributed by atoms with Crippen LogP contribution >= 0.6 is 0 Å². The molecule has 1 aliphatic heterocycles. The Morgan fingerprint density at radius 1 is 1.07 bits per heavy atom. The topological polar surface area (TPSA) is 91.4 Å². The van der Waals surface area contributed by atoms with Gasteiger partial charge in [-0.15, -0.1) is 0 Å². The molecule has 8 nitrogen and oxygen atoms in total. The van der Waals surface area contributed by atoms with Crippen LogP contribution in [0.25, 0.3) is 0 Å². The first-order chi connectivity index (χ1) is 12.9. The monoisotopic (exact) mass is 377 g/mol. The Bertz CT molecular complexity index is 754. The largest absolute Gasteiger partial charge is 0.466 e. The normalized spacial score (nSPS) is 14.2. The van der Waals surface area contributed by atoms with Crippen molar-refractivity contribution < 1.29 is 33.3 Å². The molecule has 0 fully saturated rings. The SMILES string of the molecule is COC(=O)C1=C(C(=O)OC)N(c2ccccc2C(=O)OCC(C)C)COC1. The van der Waals surface area contributed by atoms with E-state index in [1.807, 2.05) is 13.8 Å². The lowest BCUT2D eigenvalue weighted by Gasteiger charge is -2.32. The lowest BCUT2D eigenvalue weighted by atomic mass is 10.1. The van der Waals surface area contributed by atoms with Gasteiger partial charge in [0, 0.05) is 0 Å². The van der Waals surface area contributed by atoms with Crippen LogP contribution in [0.1, 0.15) is 24.2 Å². The third kappa shape index (κ3) is 4.65. The molecule has 0 spiro atoms. The fourth-order valence-corrected chi connectivity index (χ4v) is 2.54. The zero-order valence-corrected chi connectivity index (χ0v) is 15.8. The maximum Gasteiger partial charge on any atom is 0.355 e. The van der Waals surface area contributed by atoms with Crippen molar-refractivity contribution in [1.29, 1.82) is 0 Å². The van der Waals surface area contributed by atoms with Crippen molar-refractivity contribution in [1.82, 2.24) is 0 Å². The smallest absolute Gasteiger partial charge is 0.355 e. The Hall–Kier alpha value is -2.87. The van der Waals surface area contributed by atoms with Gasteiger partial charge in [0.05, 0.1) is 44.3 Å². The van der Waals surface area contributed by atoms with Crippen LogP contribution in [-0.2, 0) is 28.5 Å². The van der Waals surface area contributed by atoms with Crippen molar-refractivity contribution in [3.05, 3.63) is 41.1 Å². The van der Waals surface area contributed by atoms with Gasteiger partial charge < -0.3 is 23.8 Å². The molecular formula is C19H23NO7. The Balaban J connectivity index is 2.51. The summed E-state index contributed by atoms with van der Waals surface area (Å²) < 4.78 is 20.3. The quantitative estimate of drug-likeness (QED) is 0.548. The van der Waals surface area contributed by atoms with E-state index >= 15 is 0 Å². The van der Waals surface area contributed by atoms with Gasteiger partial charge in [-0.05, 0) is 18.1 Å². The molecule has 0 aliphatic carbocycles. The summed E-state index contributed by atoms with van der Waals surface area (Å²) in [5.41, 5.74) is 0.600. The highest BCUT2D eigenvalue weighted by Crippen LogP contribution is 2.30. The first-order valence-corrected chi connectivity index (χ1v) is 8.41. The first kappa shape index (κ1) is 20.4. The number of hydrogen-bond acceptors (Lipinski definition) is 8. The lowest BCUT2D eigenvalue weighted by Crippen LogP contribution is -2.39. The number of anilines is 1. The fraction of sp³-hybridized carbons (Fsp3) is 0.421. The summed E-state index contributed by atoms with van der Waals surface area (Å²) in [6.07, 6.45) is 0. The third-order valence-corrected chi connectivity index (χ3v) is 3.80. The van der Waals surface area contributed by atoms with Gasteiger partial charge in [0.1, 0.15) is 12.4 Å².